The molecule has 0 bridgehead atoms. The van der Waals surface area contributed by atoms with Crippen molar-refractivity contribution < 1.29 is 28.5 Å². The van der Waals surface area contributed by atoms with Crippen LogP contribution in [0.2, 0.25) is 0 Å². The molecule has 0 unspecified atom stereocenters. The third kappa shape index (κ3) is 9.91. The minimum absolute atomic E-state index is 0.177. The molecule has 0 aliphatic carbocycles. The zero-order chi connectivity index (χ0) is 17.9. The molecule has 23 heavy (non-hydrogen) atoms. The normalized spacial score (nSPS) is 12.4. The summed E-state index contributed by atoms with van der Waals surface area (Å²) in [6.45, 7) is 14.1. The summed E-state index contributed by atoms with van der Waals surface area (Å²) in [6.07, 6.45) is 1.23. The van der Waals surface area contributed by atoms with E-state index in [0.29, 0.717) is 13.2 Å². The largest absolute Gasteiger partial charge is 0.457 e. The molecule has 6 nitrogen and oxygen atoms in total. The highest BCUT2D eigenvalue weighted by molar-refractivity contribution is 5.76. The second-order valence-electron chi connectivity index (χ2n) is 6.16. The van der Waals surface area contributed by atoms with Crippen molar-refractivity contribution in [2.24, 2.45) is 0 Å². The Balaban J connectivity index is 4.87. The van der Waals surface area contributed by atoms with Gasteiger partial charge in [-0.15, -0.1) is 0 Å². The lowest BCUT2D eigenvalue weighted by molar-refractivity contribution is -0.385. The van der Waals surface area contributed by atoms with Crippen LogP contribution < -0.4 is 0 Å². The van der Waals surface area contributed by atoms with E-state index in [1.807, 2.05) is 27.7 Å². The molecule has 0 aliphatic heterocycles. The van der Waals surface area contributed by atoms with Crippen molar-refractivity contribution in [3.8, 4) is 0 Å². The third-order valence-corrected chi connectivity index (χ3v) is 2.54. The van der Waals surface area contributed by atoms with Crippen LogP contribution >= 0.6 is 0 Å². The Labute approximate surface area is 140 Å². The number of hydrogen-bond acceptors (Lipinski definition) is 6. The molecule has 0 atom stereocenters. The topological polar surface area (TPSA) is 63.2 Å². The van der Waals surface area contributed by atoms with Crippen LogP contribution in [0.15, 0.2) is 0 Å². The van der Waals surface area contributed by atoms with E-state index < -0.39 is 11.9 Å². The molecular formula is C17H34O6. The minimum Gasteiger partial charge on any atom is -0.457 e. The Morgan fingerprint density at radius 2 is 1.43 bits per heavy atom. The molecule has 0 fully saturated rings. The molecule has 0 saturated heterocycles. The summed E-state index contributed by atoms with van der Waals surface area (Å²) in [5, 5.41) is 0. The molecule has 6 heteroatoms. The zero-order valence-corrected chi connectivity index (χ0v) is 15.7. The number of carbonyl (C=O) groups excluding carboxylic acids is 1. The first-order valence-electron chi connectivity index (χ1n) is 8.51. The van der Waals surface area contributed by atoms with Crippen molar-refractivity contribution >= 4 is 5.97 Å². The maximum Gasteiger partial charge on any atom is 0.398 e. The highest BCUT2D eigenvalue weighted by Crippen LogP contribution is 2.23. The van der Waals surface area contributed by atoms with Crippen LogP contribution in [-0.4, -0.2) is 50.1 Å². The maximum atomic E-state index is 12.5. The lowest BCUT2D eigenvalue weighted by Crippen LogP contribution is -2.52. The molecule has 0 N–H and O–H groups in total. The average molecular weight is 334 g/mol. The van der Waals surface area contributed by atoms with Gasteiger partial charge in [-0.2, -0.15) is 0 Å². The lowest BCUT2D eigenvalue weighted by Gasteiger charge is -2.34. The second kappa shape index (κ2) is 11.8. The van der Waals surface area contributed by atoms with Crippen LogP contribution in [-0.2, 0) is 28.5 Å². The van der Waals surface area contributed by atoms with Gasteiger partial charge in [-0.3, -0.25) is 0 Å². The van der Waals surface area contributed by atoms with Gasteiger partial charge in [-0.1, -0.05) is 13.3 Å². The van der Waals surface area contributed by atoms with Crippen molar-refractivity contribution in [3.63, 3.8) is 0 Å². The van der Waals surface area contributed by atoms with Crippen molar-refractivity contribution in [2.45, 2.75) is 85.6 Å². The number of hydrogen-bond donors (Lipinski definition) is 0. The molecule has 0 spiro atoms. The Morgan fingerprint density at radius 3 is 1.87 bits per heavy atom. The molecule has 0 rings (SSSR count). The highest BCUT2D eigenvalue weighted by atomic mass is 16.9. The standard InChI is InChI=1S/C17H34O6/c1-8-9-10-19-11-12-20-17(22-14(4)5,23-15(6)7)16(18)21-13(2)3/h13-15H,8-12H2,1-7H3. The van der Waals surface area contributed by atoms with Gasteiger partial charge in [0.05, 0.1) is 31.5 Å². The van der Waals surface area contributed by atoms with E-state index in [9.17, 15) is 4.79 Å². The fraction of sp³-hybridized carbons (Fsp3) is 0.941. The molecule has 0 saturated carbocycles. The van der Waals surface area contributed by atoms with Crippen LogP contribution in [0.5, 0.6) is 0 Å². The summed E-state index contributed by atoms with van der Waals surface area (Å²) in [4.78, 5) is 12.5. The van der Waals surface area contributed by atoms with Gasteiger partial charge in [0.2, 0.25) is 0 Å². The van der Waals surface area contributed by atoms with Gasteiger partial charge < -0.3 is 23.7 Å². The predicted octanol–water partition coefficient (Wildman–Crippen LogP) is 3.28. The van der Waals surface area contributed by atoms with Gasteiger partial charge in [0, 0.05) is 6.61 Å². The number of rotatable bonds is 13. The monoisotopic (exact) mass is 334 g/mol. The molecule has 138 valence electrons. The summed E-state index contributed by atoms with van der Waals surface area (Å²) in [7, 11) is 0. The molecule has 0 heterocycles. The molecule has 0 amide bonds. The van der Waals surface area contributed by atoms with E-state index in [0.717, 1.165) is 12.8 Å². The van der Waals surface area contributed by atoms with Crippen LogP contribution in [0.3, 0.4) is 0 Å². The van der Waals surface area contributed by atoms with E-state index in [1.165, 1.54) is 0 Å². The van der Waals surface area contributed by atoms with E-state index in [1.54, 1.807) is 13.8 Å². The van der Waals surface area contributed by atoms with E-state index >= 15 is 0 Å². The molecule has 0 aliphatic rings. The van der Waals surface area contributed by atoms with Crippen LogP contribution in [0.25, 0.3) is 0 Å². The maximum absolute atomic E-state index is 12.5. The van der Waals surface area contributed by atoms with Crippen LogP contribution in [0, 0.1) is 0 Å². The van der Waals surface area contributed by atoms with Crippen molar-refractivity contribution in [3.05, 3.63) is 0 Å². The summed E-state index contributed by atoms with van der Waals surface area (Å²) in [5.41, 5.74) is 0. The van der Waals surface area contributed by atoms with Gasteiger partial charge in [-0.05, 0) is 48.0 Å². The van der Waals surface area contributed by atoms with E-state index in [-0.39, 0.29) is 24.9 Å². The number of carbonyl (C=O) groups is 1. The Kier molecular flexibility index (Phi) is 11.4. The fourth-order valence-corrected chi connectivity index (χ4v) is 1.74. The number of unbranched alkanes of at least 4 members (excludes halogenated alkanes) is 1. The van der Waals surface area contributed by atoms with Gasteiger partial charge in [0.15, 0.2) is 0 Å². The Morgan fingerprint density at radius 1 is 0.870 bits per heavy atom. The summed E-state index contributed by atoms with van der Waals surface area (Å²) in [6, 6.07) is 0. The Hall–Kier alpha value is -0.690. The number of esters is 1. The van der Waals surface area contributed by atoms with E-state index in [2.05, 4.69) is 6.92 Å². The van der Waals surface area contributed by atoms with Gasteiger partial charge in [-0.25, -0.2) is 4.79 Å². The van der Waals surface area contributed by atoms with Crippen LogP contribution in [0.1, 0.15) is 61.3 Å². The predicted molar refractivity (Wildman–Crippen MR) is 88.1 cm³/mol. The van der Waals surface area contributed by atoms with Gasteiger partial charge >= 0.3 is 11.9 Å². The first kappa shape index (κ1) is 22.3. The highest BCUT2D eigenvalue weighted by Gasteiger charge is 2.47. The van der Waals surface area contributed by atoms with Crippen molar-refractivity contribution in [2.75, 3.05) is 19.8 Å². The van der Waals surface area contributed by atoms with Crippen LogP contribution in [0.4, 0.5) is 0 Å². The van der Waals surface area contributed by atoms with Gasteiger partial charge in [0.25, 0.3) is 0 Å². The third-order valence-electron chi connectivity index (χ3n) is 2.54. The lowest BCUT2D eigenvalue weighted by atomic mass is 10.4. The molecule has 0 aromatic rings. The van der Waals surface area contributed by atoms with E-state index in [4.69, 9.17) is 23.7 Å². The minimum atomic E-state index is -1.86. The first-order chi connectivity index (χ1) is 10.7. The quantitative estimate of drug-likeness (QED) is 0.293. The molecular weight excluding hydrogens is 300 g/mol. The summed E-state index contributed by atoms with van der Waals surface area (Å²) >= 11 is 0. The molecule has 0 aromatic carbocycles. The van der Waals surface area contributed by atoms with Crippen molar-refractivity contribution in [1.82, 2.24) is 0 Å². The second-order valence-corrected chi connectivity index (χ2v) is 6.16. The average Bonchev–Trinajstić information content (AvgIpc) is 2.40. The van der Waals surface area contributed by atoms with Crippen molar-refractivity contribution in [1.29, 1.82) is 0 Å². The summed E-state index contributed by atoms with van der Waals surface area (Å²) < 4.78 is 27.7. The number of ether oxygens (including phenoxy) is 5. The Bertz CT molecular complexity index is 304. The first-order valence-corrected chi connectivity index (χ1v) is 8.51. The zero-order valence-electron chi connectivity index (χ0n) is 15.7. The fourth-order valence-electron chi connectivity index (χ4n) is 1.74. The molecule has 0 aromatic heterocycles. The summed E-state index contributed by atoms with van der Waals surface area (Å²) in [5.74, 6) is -2.54. The molecule has 0 radical (unpaired) electrons. The SMILES string of the molecule is CCCCOCCOC(OC(C)C)(OC(C)C)C(=O)OC(C)C. The smallest absolute Gasteiger partial charge is 0.398 e. The van der Waals surface area contributed by atoms with Gasteiger partial charge in [0.1, 0.15) is 0 Å².